The monoisotopic (exact) mass is 296 g/mol. The van der Waals surface area contributed by atoms with E-state index in [1.165, 1.54) is 7.11 Å². The summed E-state index contributed by atoms with van der Waals surface area (Å²) in [5.74, 6) is -3.80. The van der Waals surface area contributed by atoms with Gasteiger partial charge < -0.3 is 15.4 Å². The number of nitrogens with zero attached hydrogens (tertiary/aromatic N) is 2. The second-order valence-corrected chi connectivity index (χ2v) is 3.95. The van der Waals surface area contributed by atoms with Crippen LogP contribution in [0.2, 0.25) is 0 Å². The summed E-state index contributed by atoms with van der Waals surface area (Å²) in [7, 11) is 1.31. The molecule has 0 saturated carbocycles. The van der Waals surface area contributed by atoms with Crippen molar-refractivity contribution >= 4 is 11.6 Å². The number of alkyl halides is 4. The summed E-state index contributed by atoms with van der Waals surface area (Å²) in [6.07, 6.45) is -1.80. The molecule has 0 spiro atoms. The lowest BCUT2D eigenvalue weighted by molar-refractivity contribution is -0.117. The second-order valence-electron chi connectivity index (χ2n) is 3.95. The van der Waals surface area contributed by atoms with Crippen LogP contribution in [0.3, 0.4) is 0 Å². The van der Waals surface area contributed by atoms with Gasteiger partial charge in [-0.1, -0.05) is 6.92 Å². The Morgan fingerprint density at radius 3 is 2.35 bits per heavy atom. The lowest BCUT2D eigenvalue weighted by atomic mass is 10.3. The first-order valence-corrected chi connectivity index (χ1v) is 5.95. The molecule has 0 aliphatic carbocycles. The number of ether oxygens (including phenoxy) is 1. The number of halogens is 4. The minimum absolute atomic E-state index is 0.0681. The zero-order valence-electron chi connectivity index (χ0n) is 11.1. The molecule has 0 fully saturated rings. The lowest BCUT2D eigenvalue weighted by Crippen LogP contribution is -2.35. The zero-order chi connectivity index (χ0) is 15.2. The highest BCUT2D eigenvalue weighted by atomic mass is 19.3. The van der Waals surface area contributed by atoms with Crippen molar-refractivity contribution in [2.75, 3.05) is 30.8 Å². The summed E-state index contributed by atoms with van der Waals surface area (Å²) in [6.45, 7) is 1.29. The van der Waals surface area contributed by atoms with E-state index in [1.54, 1.807) is 0 Å². The van der Waals surface area contributed by atoms with E-state index in [4.69, 9.17) is 4.74 Å². The molecule has 9 heteroatoms. The highest BCUT2D eigenvalue weighted by molar-refractivity contribution is 5.63. The van der Waals surface area contributed by atoms with Crippen LogP contribution in [0.5, 0.6) is 5.75 Å². The highest BCUT2D eigenvalue weighted by Gasteiger charge is 2.40. The van der Waals surface area contributed by atoms with E-state index < -0.39 is 18.9 Å². The van der Waals surface area contributed by atoms with Gasteiger partial charge in [0.1, 0.15) is 6.33 Å². The Kier molecular flexibility index (Phi) is 5.78. The summed E-state index contributed by atoms with van der Waals surface area (Å²) in [5.41, 5.74) is 0. The van der Waals surface area contributed by atoms with E-state index in [2.05, 4.69) is 20.6 Å². The first kappa shape index (κ1) is 16.3. The fraction of sp³-hybridized carbons (Fsp3) is 0.636. The average Bonchev–Trinajstić information content (AvgIpc) is 2.42. The molecular weight excluding hydrogens is 280 g/mol. The Labute approximate surface area is 113 Å². The molecule has 1 aromatic heterocycles. The van der Waals surface area contributed by atoms with Crippen molar-refractivity contribution in [2.45, 2.75) is 25.7 Å². The molecule has 0 radical (unpaired) electrons. The van der Waals surface area contributed by atoms with E-state index >= 15 is 0 Å². The van der Waals surface area contributed by atoms with Crippen molar-refractivity contribution in [2.24, 2.45) is 0 Å². The third-order valence-electron chi connectivity index (χ3n) is 2.36. The van der Waals surface area contributed by atoms with E-state index in [-0.39, 0.29) is 11.6 Å². The van der Waals surface area contributed by atoms with Crippen LogP contribution in [-0.2, 0) is 0 Å². The maximum atomic E-state index is 12.9. The van der Waals surface area contributed by atoms with E-state index in [1.807, 2.05) is 6.92 Å². The maximum Gasteiger partial charge on any atom is 0.324 e. The van der Waals surface area contributed by atoms with Gasteiger partial charge in [0.25, 0.3) is 0 Å². The van der Waals surface area contributed by atoms with Crippen molar-refractivity contribution in [3.63, 3.8) is 0 Å². The smallest absolute Gasteiger partial charge is 0.324 e. The molecule has 1 heterocycles. The molecule has 2 N–H and O–H groups in total. The second kappa shape index (κ2) is 7.11. The minimum atomic E-state index is -4.15. The van der Waals surface area contributed by atoms with E-state index in [0.29, 0.717) is 12.4 Å². The van der Waals surface area contributed by atoms with Gasteiger partial charge in [0.2, 0.25) is 5.75 Å². The van der Waals surface area contributed by atoms with Crippen LogP contribution in [0.4, 0.5) is 29.2 Å². The number of hydrogen-bond donors (Lipinski definition) is 2. The topological polar surface area (TPSA) is 59.1 Å². The third kappa shape index (κ3) is 4.10. The van der Waals surface area contributed by atoms with Crippen LogP contribution in [0.25, 0.3) is 0 Å². The molecule has 0 bridgehead atoms. The molecular formula is C11H16F4N4O. The molecule has 0 amide bonds. The number of rotatable bonds is 8. The molecule has 0 unspecified atom stereocenters. The molecule has 0 aliphatic heterocycles. The summed E-state index contributed by atoms with van der Waals surface area (Å²) in [6, 6.07) is 0. The Morgan fingerprint density at radius 2 is 1.85 bits per heavy atom. The number of aromatic nitrogens is 2. The Hall–Kier alpha value is -1.80. The van der Waals surface area contributed by atoms with Gasteiger partial charge in [-0.3, -0.25) is 0 Å². The molecule has 20 heavy (non-hydrogen) atoms. The Bertz CT molecular complexity index is 431. The molecule has 0 atom stereocenters. The van der Waals surface area contributed by atoms with Gasteiger partial charge in [0.15, 0.2) is 11.6 Å². The van der Waals surface area contributed by atoms with Crippen LogP contribution in [0.1, 0.15) is 13.3 Å². The van der Waals surface area contributed by atoms with Crippen molar-refractivity contribution in [3.8, 4) is 5.75 Å². The summed E-state index contributed by atoms with van der Waals surface area (Å²) in [5, 5.41) is 5.08. The lowest BCUT2D eigenvalue weighted by Gasteiger charge is -2.18. The molecule has 5 nitrogen and oxygen atoms in total. The first-order chi connectivity index (χ1) is 9.42. The predicted molar refractivity (Wildman–Crippen MR) is 66.8 cm³/mol. The van der Waals surface area contributed by atoms with Gasteiger partial charge >= 0.3 is 12.3 Å². The third-order valence-corrected chi connectivity index (χ3v) is 2.36. The van der Waals surface area contributed by atoms with Crippen LogP contribution >= 0.6 is 0 Å². The predicted octanol–water partition coefficient (Wildman–Crippen LogP) is 2.62. The first-order valence-electron chi connectivity index (χ1n) is 5.95. The molecule has 0 saturated heterocycles. The van der Waals surface area contributed by atoms with E-state index in [0.717, 1.165) is 12.7 Å². The molecule has 0 aliphatic rings. The van der Waals surface area contributed by atoms with Gasteiger partial charge in [-0.05, 0) is 6.42 Å². The van der Waals surface area contributed by atoms with Crippen LogP contribution in [0.15, 0.2) is 6.33 Å². The van der Waals surface area contributed by atoms with Crippen molar-refractivity contribution in [1.82, 2.24) is 9.97 Å². The zero-order valence-corrected chi connectivity index (χ0v) is 11.1. The van der Waals surface area contributed by atoms with Gasteiger partial charge in [0.05, 0.1) is 13.7 Å². The van der Waals surface area contributed by atoms with Crippen LogP contribution < -0.4 is 15.4 Å². The molecule has 1 aromatic rings. The van der Waals surface area contributed by atoms with Crippen LogP contribution in [-0.4, -0.2) is 42.5 Å². The molecule has 1 rings (SSSR count). The Balaban J connectivity index is 2.84. The SMILES string of the molecule is CCCNc1ncnc(NCC(F)(F)C(F)F)c1OC. The van der Waals surface area contributed by atoms with Crippen molar-refractivity contribution in [1.29, 1.82) is 0 Å². The van der Waals surface area contributed by atoms with Gasteiger partial charge in [-0.15, -0.1) is 0 Å². The van der Waals surface area contributed by atoms with Crippen molar-refractivity contribution < 1.29 is 22.3 Å². The Morgan fingerprint density at radius 1 is 1.25 bits per heavy atom. The largest absolute Gasteiger partial charge is 0.490 e. The quantitative estimate of drug-likeness (QED) is 0.722. The average molecular weight is 296 g/mol. The minimum Gasteiger partial charge on any atom is -0.490 e. The van der Waals surface area contributed by atoms with Crippen molar-refractivity contribution in [3.05, 3.63) is 6.33 Å². The molecule has 114 valence electrons. The van der Waals surface area contributed by atoms with Crippen LogP contribution in [0, 0.1) is 0 Å². The summed E-state index contributed by atoms with van der Waals surface area (Å²) < 4.78 is 54.9. The fourth-order valence-electron chi connectivity index (χ4n) is 1.34. The summed E-state index contributed by atoms with van der Waals surface area (Å²) in [4.78, 5) is 7.62. The van der Waals surface area contributed by atoms with E-state index in [9.17, 15) is 17.6 Å². The summed E-state index contributed by atoms with van der Waals surface area (Å²) >= 11 is 0. The fourth-order valence-corrected chi connectivity index (χ4v) is 1.34. The number of anilines is 2. The maximum absolute atomic E-state index is 12.9. The number of methoxy groups -OCH3 is 1. The van der Waals surface area contributed by atoms with Gasteiger partial charge in [0, 0.05) is 6.54 Å². The normalized spacial score (nSPS) is 11.6. The van der Waals surface area contributed by atoms with Gasteiger partial charge in [-0.2, -0.15) is 8.78 Å². The standard InChI is InChI=1S/C11H16F4N4O/c1-3-4-16-8-7(20-2)9(19-6-18-8)17-5-11(14,15)10(12)13/h6,10H,3-5H2,1-2H3,(H2,16,17,18,19). The number of hydrogen-bond acceptors (Lipinski definition) is 5. The highest BCUT2D eigenvalue weighted by Crippen LogP contribution is 2.30. The number of nitrogens with one attached hydrogen (secondary N) is 2. The molecule has 0 aromatic carbocycles. The van der Waals surface area contributed by atoms with Gasteiger partial charge in [-0.25, -0.2) is 18.7 Å².